The second kappa shape index (κ2) is 7.89. The number of nitrogens with zero attached hydrogens (tertiary/aromatic N) is 4. The average molecular weight is 358 g/mol. The summed E-state index contributed by atoms with van der Waals surface area (Å²) in [5.41, 5.74) is 5.28. The van der Waals surface area contributed by atoms with E-state index in [1.165, 1.54) is 6.42 Å². The SMILES string of the molecule is C=CCN1CCC(Cn2cnc(-c3ccccc3)c2-c2cccc(C)n2)C1. The molecule has 1 atom stereocenters. The molecular formula is C23H26N4. The van der Waals surface area contributed by atoms with Crippen LogP contribution in [0.25, 0.3) is 22.6 Å². The van der Waals surface area contributed by atoms with E-state index in [9.17, 15) is 0 Å². The van der Waals surface area contributed by atoms with E-state index in [0.29, 0.717) is 5.92 Å². The minimum absolute atomic E-state index is 0.631. The summed E-state index contributed by atoms with van der Waals surface area (Å²) in [5.74, 6) is 0.631. The van der Waals surface area contributed by atoms with E-state index in [0.717, 1.165) is 54.5 Å². The number of hydrogen-bond acceptors (Lipinski definition) is 3. The van der Waals surface area contributed by atoms with Crippen LogP contribution in [0.5, 0.6) is 0 Å². The third kappa shape index (κ3) is 3.86. The quantitative estimate of drug-likeness (QED) is 0.611. The third-order valence-corrected chi connectivity index (χ3v) is 5.23. The molecule has 2 aromatic heterocycles. The molecule has 0 N–H and O–H groups in total. The zero-order chi connectivity index (χ0) is 18.6. The highest BCUT2D eigenvalue weighted by atomic mass is 15.2. The lowest BCUT2D eigenvalue weighted by molar-refractivity contribution is 0.348. The van der Waals surface area contributed by atoms with Crippen molar-refractivity contribution in [3.05, 3.63) is 73.2 Å². The maximum atomic E-state index is 4.80. The van der Waals surface area contributed by atoms with Gasteiger partial charge < -0.3 is 4.57 Å². The molecule has 4 rings (SSSR count). The molecule has 3 aromatic rings. The monoisotopic (exact) mass is 358 g/mol. The lowest BCUT2D eigenvalue weighted by Crippen LogP contribution is -2.22. The van der Waals surface area contributed by atoms with Crippen molar-refractivity contribution in [3.8, 4) is 22.6 Å². The van der Waals surface area contributed by atoms with Crippen LogP contribution in [-0.2, 0) is 6.54 Å². The van der Waals surface area contributed by atoms with Crippen molar-refractivity contribution in [3.63, 3.8) is 0 Å². The van der Waals surface area contributed by atoms with Crippen molar-refractivity contribution in [1.82, 2.24) is 19.4 Å². The van der Waals surface area contributed by atoms with Gasteiger partial charge in [-0.2, -0.15) is 0 Å². The Labute approximate surface area is 161 Å². The summed E-state index contributed by atoms with van der Waals surface area (Å²) < 4.78 is 2.30. The molecule has 27 heavy (non-hydrogen) atoms. The Hall–Kier alpha value is -2.72. The molecule has 1 saturated heterocycles. The highest BCUT2D eigenvalue weighted by Gasteiger charge is 2.24. The Balaban J connectivity index is 1.70. The number of rotatable bonds is 6. The lowest BCUT2D eigenvalue weighted by atomic mass is 10.1. The Morgan fingerprint density at radius 3 is 2.78 bits per heavy atom. The first-order chi connectivity index (χ1) is 13.2. The topological polar surface area (TPSA) is 34.0 Å². The van der Waals surface area contributed by atoms with Gasteiger partial charge in [-0.3, -0.25) is 9.88 Å². The van der Waals surface area contributed by atoms with Crippen LogP contribution in [-0.4, -0.2) is 39.1 Å². The molecule has 0 spiro atoms. The van der Waals surface area contributed by atoms with Crippen LogP contribution >= 0.6 is 0 Å². The van der Waals surface area contributed by atoms with E-state index < -0.39 is 0 Å². The fourth-order valence-electron chi connectivity index (χ4n) is 3.96. The molecule has 1 aliphatic rings. The average Bonchev–Trinajstić information content (AvgIpc) is 3.30. The van der Waals surface area contributed by atoms with Crippen LogP contribution in [0.15, 0.2) is 67.5 Å². The first-order valence-electron chi connectivity index (χ1n) is 9.62. The summed E-state index contributed by atoms with van der Waals surface area (Å²) >= 11 is 0. The minimum atomic E-state index is 0.631. The lowest BCUT2D eigenvalue weighted by Gasteiger charge is -2.16. The third-order valence-electron chi connectivity index (χ3n) is 5.23. The molecule has 0 bridgehead atoms. The van der Waals surface area contributed by atoms with Crippen LogP contribution in [0.2, 0.25) is 0 Å². The van der Waals surface area contributed by atoms with Crippen molar-refractivity contribution in [2.45, 2.75) is 19.9 Å². The van der Waals surface area contributed by atoms with Crippen LogP contribution < -0.4 is 0 Å². The molecule has 1 aliphatic heterocycles. The number of hydrogen-bond donors (Lipinski definition) is 0. The largest absolute Gasteiger partial charge is 0.328 e. The Morgan fingerprint density at radius 2 is 2.00 bits per heavy atom. The Bertz CT molecular complexity index is 913. The summed E-state index contributed by atoms with van der Waals surface area (Å²) in [4.78, 5) is 12.0. The zero-order valence-corrected chi connectivity index (χ0v) is 15.9. The van der Waals surface area contributed by atoms with Crippen molar-refractivity contribution < 1.29 is 0 Å². The summed E-state index contributed by atoms with van der Waals surface area (Å²) in [6.07, 6.45) is 5.19. The van der Waals surface area contributed by atoms with Gasteiger partial charge in [0.1, 0.15) is 0 Å². The maximum absolute atomic E-state index is 4.80. The molecule has 4 nitrogen and oxygen atoms in total. The number of aryl methyl sites for hydroxylation is 1. The predicted molar refractivity (Wildman–Crippen MR) is 110 cm³/mol. The van der Waals surface area contributed by atoms with Crippen molar-refractivity contribution >= 4 is 0 Å². The van der Waals surface area contributed by atoms with E-state index in [-0.39, 0.29) is 0 Å². The van der Waals surface area contributed by atoms with Crippen molar-refractivity contribution in [2.24, 2.45) is 5.92 Å². The zero-order valence-electron chi connectivity index (χ0n) is 15.9. The molecule has 138 valence electrons. The molecule has 3 heterocycles. The summed E-state index contributed by atoms with van der Waals surface area (Å²) in [6.45, 7) is 10.1. The molecule has 0 radical (unpaired) electrons. The molecule has 0 aliphatic carbocycles. The van der Waals surface area contributed by atoms with Gasteiger partial charge in [0.05, 0.1) is 23.4 Å². The summed E-state index contributed by atoms with van der Waals surface area (Å²) in [5, 5.41) is 0. The van der Waals surface area contributed by atoms with Crippen molar-refractivity contribution in [1.29, 1.82) is 0 Å². The molecule has 4 heteroatoms. The van der Waals surface area contributed by atoms with E-state index in [2.05, 4.69) is 52.4 Å². The first-order valence-corrected chi connectivity index (χ1v) is 9.62. The highest BCUT2D eigenvalue weighted by molar-refractivity contribution is 5.76. The Kier molecular flexibility index (Phi) is 5.16. The number of likely N-dealkylation sites (tertiary alicyclic amines) is 1. The summed E-state index contributed by atoms with van der Waals surface area (Å²) in [7, 11) is 0. The van der Waals surface area contributed by atoms with E-state index in [1.807, 2.05) is 31.5 Å². The minimum Gasteiger partial charge on any atom is -0.328 e. The maximum Gasteiger partial charge on any atom is 0.0979 e. The summed E-state index contributed by atoms with van der Waals surface area (Å²) in [6, 6.07) is 16.6. The standard InChI is InChI=1S/C23H26N4/c1-3-13-26-14-12-19(15-26)16-27-17-24-22(20-9-5-4-6-10-20)23(27)21-11-7-8-18(2)25-21/h3-11,17,19H,1,12-16H2,2H3. The van der Waals surface area contributed by atoms with Crippen LogP contribution in [0.4, 0.5) is 0 Å². The van der Waals surface area contributed by atoms with Gasteiger partial charge in [0, 0.05) is 30.9 Å². The highest BCUT2D eigenvalue weighted by Crippen LogP contribution is 2.31. The number of imidazole rings is 1. The van der Waals surface area contributed by atoms with Gasteiger partial charge in [-0.05, 0) is 37.9 Å². The number of benzene rings is 1. The molecular weight excluding hydrogens is 332 g/mol. The van der Waals surface area contributed by atoms with Gasteiger partial charge >= 0.3 is 0 Å². The van der Waals surface area contributed by atoms with E-state index in [1.54, 1.807) is 0 Å². The van der Waals surface area contributed by atoms with Gasteiger partial charge in [0.25, 0.3) is 0 Å². The van der Waals surface area contributed by atoms with E-state index in [4.69, 9.17) is 9.97 Å². The van der Waals surface area contributed by atoms with Gasteiger partial charge in [-0.15, -0.1) is 6.58 Å². The van der Waals surface area contributed by atoms with Gasteiger partial charge in [-0.25, -0.2) is 4.98 Å². The smallest absolute Gasteiger partial charge is 0.0979 e. The fourth-order valence-corrected chi connectivity index (χ4v) is 3.96. The molecule has 0 saturated carbocycles. The fraction of sp³-hybridized carbons (Fsp3) is 0.304. The van der Waals surface area contributed by atoms with Crippen molar-refractivity contribution in [2.75, 3.05) is 19.6 Å². The predicted octanol–water partition coefficient (Wildman–Crippen LogP) is 4.43. The number of aromatic nitrogens is 3. The second-order valence-corrected chi connectivity index (χ2v) is 7.33. The number of pyridine rings is 1. The Morgan fingerprint density at radius 1 is 1.15 bits per heavy atom. The van der Waals surface area contributed by atoms with E-state index >= 15 is 0 Å². The van der Waals surface area contributed by atoms with Gasteiger partial charge in [-0.1, -0.05) is 42.5 Å². The van der Waals surface area contributed by atoms with Gasteiger partial charge in [0.15, 0.2) is 0 Å². The molecule has 1 fully saturated rings. The molecule has 1 aromatic carbocycles. The first kappa shape index (κ1) is 17.7. The van der Waals surface area contributed by atoms with Gasteiger partial charge in [0.2, 0.25) is 0 Å². The molecule has 1 unspecified atom stereocenters. The molecule has 0 amide bonds. The normalized spacial score (nSPS) is 17.3. The van der Waals surface area contributed by atoms with Crippen LogP contribution in [0.3, 0.4) is 0 Å². The van der Waals surface area contributed by atoms with Crippen LogP contribution in [0.1, 0.15) is 12.1 Å². The second-order valence-electron chi connectivity index (χ2n) is 7.33. The van der Waals surface area contributed by atoms with Crippen LogP contribution in [0, 0.1) is 12.8 Å².